The third-order valence-corrected chi connectivity index (χ3v) is 5.41. The number of hydrogen-bond donors (Lipinski definition) is 2. The van der Waals surface area contributed by atoms with Gasteiger partial charge in [0.2, 0.25) is 5.91 Å². The van der Waals surface area contributed by atoms with Crippen LogP contribution in [0.3, 0.4) is 0 Å². The Morgan fingerprint density at radius 2 is 1.84 bits per heavy atom. The third-order valence-electron chi connectivity index (χ3n) is 4.03. The molecule has 0 spiro atoms. The maximum atomic E-state index is 12.6. The zero-order valence-electron chi connectivity index (χ0n) is 13.8. The second-order valence-corrected chi connectivity index (χ2v) is 7.45. The number of anilines is 3. The first-order valence-corrected chi connectivity index (χ1v) is 9.26. The van der Waals surface area contributed by atoms with E-state index in [9.17, 15) is 13.2 Å². The Kier molecular flexibility index (Phi) is 4.50. The van der Waals surface area contributed by atoms with Gasteiger partial charge in [0.05, 0.1) is 11.3 Å². The van der Waals surface area contributed by atoms with E-state index in [1.807, 2.05) is 0 Å². The summed E-state index contributed by atoms with van der Waals surface area (Å²) >= 11 is 0. The summed E-state index contributed by atoms with van der Waals surface area (Å²) in [5, 5.41) is 3.12. The van der Waals surface area contributed by atoms with Gasteiger partial charge >= 0.3 is 0 Å². The van der Waals surface area contributed by atoms with Gasteiger partial charge in [-0.05, 0) is 48.0 Å². The first-order chi connectivity index (χ1) is 11.9. The van der Waals surface area contributed by atoms with Crippen LogP contribution in [0.5, 0.6) is 0 Å². The second kappa shape index (κ2) is 6.60. The molecule has 0 atom stereocenters. The predicted molar refractivity (Wildman–Crippen MR) is 99.5 cm³/mol. The summed E-state index contributed by atoms with van der Waals surface area (Å²) in [5.41, 5.74) is 2.82. The van der Waals surface area contributed by atoms with E-state index in [0.717, 1.165) is 16.9 Å². The number of carbonyl (C=O) groups excluding carboxylic acids is 1. The molecule has 2 N–H and O–H groups in total. The molecule has 6 nitrogen and oxygen atoms in total. The number of amides is 1. The first kappa shape index (κ1) is 17.0. The summed E-state index contributed by atoms with van der Waals surface area (Å²) in [4.78, 5) is 13.4. The highest BCUT2D eigenvalue weighted by molar-refractivity contribution is 7.92. The molecule has 1 aliphatic rings. The van der Waals surface area contributed by atoms with E-state index in [0.29, 0.717) is 12.2 Å². The molecule has 25 heavy (non-hydrogen) atoms. The van der Waals surface area contributed by atoms with Crippen molar-refractivity contribution in [2.45, 2.75) is 11.3 Å². The van der Waals surface area contributed by atoms with Gasteiger partial charge in [0.15, 0.2) is 0 Å². The molecule has 0 saturated carbocycles. The number of hydrogen-bond acceptors (Lipinski definition) is 4. The van der Waals surface area contributed by atoms with E-state index in [4.69, 9.17) is 0 Å². The van der Waals surface area contributed by atoms with Crippen molar-refractivity contribution in [3.05, 3.63) is 60.7 Å². The standard InChI is InChI=1S/C18H19N3O3S/c1-3-10-19-14-4-6-15(7-5-14)20-25(23,24)16-8-9-17-13(11-16)12-18(22)21(17)2/h3-9,11,19-20H,1,10,12H2,2H3. The van der Waals surface area contributed by atoms with Gasteiger partial charge in [0, 0.05) is 30.7 Å². The van der Waals surface area contributed by atoms with Gasteiger partial charge in [-0.1, -0.05) is 6.08 Å². The normalized spacial score (nSPS) is 13.5. The molecule has 1 aliphatic heterocycles. The molecule has 0 aliphatic carbocycles. The number of carbonyl (C=O) groups is 1. The smallest absolute Gasteiger partial charge is 0.261 e. The van der Waals surface area contributed by atoms with Crippen molar-refractivity contribution in [1.29, 1.82) is 0 Å². The number of nitrogens with zero attached hydrogens (tertiary/aromatic N) is 1. The molecule has 0 aromatic heterocycles. The predicted octanol–water partition coefficient (Wildman–Crippen LogP) is 2.60. The van der Waals surface area contributed by atoms with Crippen molar-refractivity contribution < 1.29 is 13.2 Å². The van der Waals surface area contributed by atoms with Gasteiger partial charge in [0.1, 0.15) is 0 Å². The van der Waals surface area contributed by atoms with Gasteiger partial charge in [-0.25, -0.2) is 8.42 Å². The molecule has 7 heteroatoms. The lowest BCUT2D eigenvalue weighted by molar-refractivity contribution is -0.117. The van der Waals surface area contributed by atoms with Crippen LogP contribution in [-0.2, 0) is 21.2 Å². The Morgan fingerprint density at radius 1 is 1.16 bits per heavy atom. The van der Waals surface area contributed by atoms with Crippen LogP contribution in [0.2, 0.25) is 0 Å². The maximum Gasteiger partial charge on any atom is 0.261 e. The van der Waals surface area contributed by atoms with E-state index in [1.165, 1.54) is 11.0 Å². The van der Waals surface area contributed by atoms with Crippen LogP contribution in [0.25, 0.3) is 0 Å². The molecule has 3 rings (SSSR count). The van der Waals surface area contributed by atoms with Gasteiger partial charge in [-0.3, -0.25) is 9.52 Å². The summed E-state index contributed by atoms with van der Waals surface area (Å²) in [6, 6.07) is 11.7. The summed E-state index contributed by atoms with van der Waals surface area (Å²) in [5.74, 6) is -0.0416. The van der Waals surface area contributed by atoms with E-state index in [2.05, 4.69) is 16.6 Å². The van der Waals surface area contributed by atoms with Crippen LogP contribution in [0.1, 0.15) is 5.56 Å². The summed E-state index contributed by atoms with van der Waals surface area (Å²) < 4.78 is 27.7. The minimum atomic E-state index is -3.72. The maximum absolute atomic E-state index is 12.6. The zero-order chi connectivity index (χ0) is 18.0. The van der Waals surface area contributed by atoms with Crippen molar-refractivity contribution in [3.63, 3.8) is 0 Å². The number of likely N-dealkylation sites (N-methyl/N-ethyl adjacent to an activating group) is 1. The minimum Gasteiger partial charge on any atom is -0.382 e. The molecule has 1 heterocycles. The average Bonchev–Trinajstić information content (AvgIpc) is 2.88. The number of benzene rings is 2. The Labute approximate surface area is 147 Å². The molecule has 0 fully saturated rings. The van der Waals surface area contributed by atoms with E-state index in [1.54, 1.807) is 49.5 Å². The summed E-state index contributed by atoms with van der Waals surface area (Å²) in [7, 11) is -2.03. The number of fused-ring (bicyclic) bond motifs is 1. The average molecular weight is 357 g/mol. The Morgan fingerprint density at radius 3 is 2.52 bits per heavy atom. The number of nitrogens with one attached hydrogen (secondary N) is 2. The molecule has 0 unspecified atom stereocenters. The van der Waals surface area contributed by atoms with Crippen molar-refractivity contribution in [2.24, 2.45) is 0 Å². The molecular formula is C18H19N3O3S. The lowest BCUT2D eigenvalue weighted by Gasteiger charge is -2.12. The van der Waals surface area contributed by atoms with Crippen molar-refractivity contribution >= 4 is 33.0 Å². The zero-order valence-corrected chi connectivity index (χ0v) is 14.6. The summed E-state index contributed by atoms with van der Waals surface area (Å²) in [6.45, 7) is 4.26. The third kappa shape index (κ3) is 3.51. The molecule has 0 bridgehead atoms. The largest absolute Gasteiger partial charge is 0.382 e. The topological polar surface area (TPSA) is 78.5 Å². The quantitative estimate of drug-likeness (QED) is 0.779. The van der Waals surface area contributed by atoms with Crippen LogP contribution in [0.4, 0.5) is 17.1 Å². The number of rotatable bonds is 6. The molecular weight excluding hydrogens is 338 g/mol. The van der Waals surface area contributed by atoms with Gasteiger partial charge in [0.25, 0.3) is 10.0 Å². The fourth-order valence-corrected chi connectivity index (χ4v) is 3.78. The second-order valence-electron chi connectivity index (χ2n) is 5.77. The van der Waals surface area contributed by atoms with Gasteiger partial charge in [-0.2, -0.15) is 0 Å². The fraction of sp³-hybridized carbons (Fsp3) is 0.167. The van der Waals surface area contributed by atoms with Gasteiger partial charge < -0.3 is 10.2 Å². The van der Waals surface area contributed by atoms with E-state index in [-0.39, 0.29) is 17.2 Å². The highest BCUT2D eigenvalue weighted by atomic mass is 32.2. The highest BCUT2D eigenvalue weighted by Gasteiger charge is 2.26. The van der Waals surface area contributed by atoms with E-state index < -0.39 is 10.0 Å². The first-order valence-electron chi connectivity index (χ1n) is 7.78. The Hall–Kier alpha value is -2.80. The highest BCUT2D eigenvalue weighted by Crippen LogP contribution is 2.30. The molecule has 0 saturated heterocycles. The lowest BCUT2D eigenvalue weighted by atomic mass is 10.2. The van der Waals surface area contributed by atoms with E-state index >= 15 is 0 Å². The van der Waals surface area contributed by atoms with Crippen molar-refractivity contribution in [3.8, 4) is 0 Å². The molecule has 2 aromatic carbocycles. The SMILES string of the molecule is C=CCNc1ccc(NS(=O)(=O)c2ccc3c(c2)CC(=O)N3C)cc1. The molecule has 1 amide bonds. The molecule has 130 valence electrons. The van der Waals surface area contributed by atoms with Gasteiger partial charge in [-0.15, -0.1) is 6.58 Å². The Bertz CT molecular complexity index is 921. The van der Waals surface area contributed by atoms with Crippen LogP contribution < -0.4 is 14.9 Å². The number of sulfonamides is 1. The van der Waals surface area contributed by atoms with Crippen molar-refractivity contribution in [2.75, 3.05) is 28.5 Å². The minimum absolute atomic E-state index is 0.0416. The fourth-order valence-electron chi connectivity index (χ4n) is 2.67. The van der Waals surface area contributed by atoms with Crippen LogP contribution in [0, 0.1) is 0 Å². The molecule has 2 aromatic rings. The summed E-state index contributed by atoms with van der Waals surface area (Å²) in [6.07, 6.45) is 1.96. The van der Waals surface area contributed by atoms with Crippen LogP contribution in [-0.4, -0.2) is 27.9 Å². The Balaban J connectivity index is 1.79. The van der Waals surface area contributed by atoms with Crippen molar-refractivity contribution in [1.82, 2.24) is 0 Å². The van der Waals surface area contributed by atoms with Crippen LogP contribution in [0.15, 0.2) is 60.0 Å². The molecule has 0 radical (unpaired) electrons. The monoisotopic (exact) mass is 357 g/mol. The van der Waals surface area contributed by atoms with Crippen LogP contribution >= 0.6 is 0 Å². The lowest BCUT2D eigenvalue weighted by Crippen LogP contribution is -2.20.